The number of rotatable bonds is 3. The number of hydrogen-bond donors (Lipinski definition) is 1. The van der Waals surface area contributed by atoms with E-state index in [4.69, 9.17) is 0 Å². The van der Waals surface area contributed by atoms with Gasteiger partial charge in [-0.1, -0.05) is 13.8 Å². The van der Waals surface area contributed by atoms with E-state index < -0.39 is 11.4 Å². The molecule has 1 heterocycles. The first kappa shape index (κ1) is 12.5. The van der Waals surface area contributed by atoms with Crippen LogP contribution in [0.15, 0.2) is 0 Å². The molecule has 1 rings (SSSR count). The predicted octanol–water partition coefficient (Wildman–Crippen LogP) is 2.22. The summed E-state index contributed by atoms with van der Waals surface area (Å²) in [5.74, 6) is -0.129. The normalized spacial score (nSPS) is 29.1. The van der Waals surface area contributed by atoms with Gasteiger partial charge in [-0.05, 0) is 51.7 Å². The summed E-state index contributed by atoms with van der Waals surface area (Å²) in [6.07, 6.45) is 3.47. The Hall–Kier alpha value is -0.570. The maximum atomic E-state index is 11.5. The molecule has 1 atom stereocenters. The molecule has 0 aromatic rings. The predicted molar refractivity (Wildman–Crippen MR) is 60.9 cm³/mol. The molecule has 3 heteroatoms. The maximum absolute atomic E-state index is 11.5. The summed E-state index contributed by atoms with van der Waals surface area (Å²) >= 11 is 0. The van der Waals surface area contributed by atoms with Gasteiger partial charge in [-0.2, -0.15) is 0 Å². The minimum absolute atomic E-state index is 0.459. The molecule has 88 valence electrons. The zero-order chi connectivity index (χ0) is 11.5. The van der Waals surface area contributed by atoms with Crippen molar-refractivity contribution in [1.82, 2.24) is 4.90 Å². The summed E-state index contributed by atoms with van der Waals surface area (Å²) in [6, 6.07) is 0. The Kier molecular flexibility index (Phi) is 4.14. The monoisotopic (exact) mass is 213 g/mol. The van der Waals surface area contributed by atoms with Gasteiger partial charge in [0.15, 0.2) is 0 Å². The fourth-order valence-electron chi connectivity index (χ4n) is 2.62. The van der Waals surface area contributed by atoms with E-state index in [2.05, 4.69) is 25.8 Å². The molecule has 0 saturated carbocycles. The van der Waals surface area contributed by atoms with Crippen LogP contribution in [0.5, 0.6) is 0 Å². The molecule has 0 amide bonds. The summed E-state index contributed by atoms with van der Waals surface area (Å²) in [5.41, 5.74) is -0.459. The van der Waals surface area contributed by atoms with Crippen molar-refractivity contribution in [2.75, 3.05) is 20.1 Å². The number of carboxylic acid groups (broad SMARTS) is 1. The molecule has 0 radical (unpaired) electrons. The molecule has 0 aromatic carbocycles. The molecule has 1 unspecified atom stereocenters. The first-order valence-electron chi connectivity index (χ1n) is 5.88. The van der Waals surface area contributed by atoms with Crippen molar-refractivity contribution < 1.29 is 9.90 Å². The molecule has 1 N–H and O–H groups in total. The molecule has 0 aromatic heterocycles. The van der Waals surface area contributed by atoms with Crippen LogP contribution in [-0.4, -0.2) is 36.1 Å². The molecule has 1 saturated heterocycles. The highest BCUT2D eigenvalue weighted by Gasteiger charge is 2.39. The third-order valence-corrected chi connectivity index (χ3v) is 3.42. The van der Waals surface area contributed by atoms with E-state index in [0.29, 0.717) is 5.92 Å². The number of carbonyl (C=O) groups is 1. The molecule has 15 heavy (non-hydrogen) atoms. The second-order valence-electron chi connectivity index (χ2n) is 5.34. The molecule has 1 fully saturated rings. The van der Waals surface area contributed by atoms with Crippen LogP contribution in [0.2, 0.25) is 0 Å². The fourth-order valence-corrected chi connectivity index (χ4v) is 2.62. The molecule has 0 spiro atoms. The van der Waals surface area contributed by atoms with Gasteiger partial charge in [-0.25, -0.2) is 0 Å². The Morgan fingerprint density at radius 1 is 1.40 bits per heavy atom. The molecule has 0 bridgehead atoms. The summed E-state index contributed by atoms with van der Waals surface area (Å²) in [5, 5.41) is 9.43. The number of nitrogens with zero attached hydrogens (tertiary/aromatic N) is 1. The quantitative estimate of drug-likeness (QED) is 0.781. The molecule has 3 nitrogen and oxygen atoms in total. The molecular formula is C12H23NO2. The Morgan fingerprint density at radius 2 is 2.07 bits per heavy atom. The van der Waals surface area contributed by atoms with Gasteiger partial charge < -0.3 is 10.0 Å². The molecule has 1 aliphatic rings. The van der Waals surface area contributed by atoms with E-state index in [1.54, 1.807) is 0 Å². The summed E-state index contributed by atoms with van der Waals surface area (Å²) in [7, 11) is 2.08. The van der Waals surface area contributed by atoms with Crippen molar-refractivity contribution in [1.29, 1.82) is 0 Å². The van der Waals surface area contributed by atoms with Crippen LogP contribution in [-0.2, 0) is 4.79 Å². The lowest BCUT2D eigenvalue weighted by Crippen LogP contribution is -2.33. The second kappa shape index (κ2) is 4.97. The standard InChI is InChI=1S/C12H23NO2/c1-10(2)9-12(11(14)15)5-4-7-13(3)8-6-12/h10H,4-9H2,1-3H3,(H,14,15). The number of aliphatic carboxylic acids is 1. The van der Waals surface area contributed by atoms with E-state index in [9.17, 15) is 9.90 Å². The van der Waals surface area contributed by atoms with Crippen molar-refractivity contribution in [3.63, 3.8) is 0 Å². The topological polar surface area (TPSA) is 40.5 Å². The van der Waals surface area contributed by atoms with Gasteiger partial charge in [-0.15, -0.1) is 0 Å². The first-order valence-corrected chi connectivity index (χ1v) is 5.88. The number of likely N-dealkylation sites (tertiary alicyclic amines) is 1. The van der Waals surface area contributed by atoms with Crippen LogP contribution in [0.4, 0.5) is 0 Å². The van der Waals surface area contributed by atoms with Gasteiger partial charge in [0, 0.05) is 0 Å². The van der Waals surface area contributed by atoms with Crippen LogP contribution in [0.3, 0.4) is 0 Å². The Bertz CT molecular complexity index is 228. The molecule has 0 aliphatic carbocycles. The Morgan fingerprint density at radius 3 is 2.60 bits per heavy atom. The van der Waals surface area contributed by atoms with Gasteiger partial charge in [0.1, 0.15) is 0 Å². The largest absolute Gasteiger partial charge is 0.481 e. The van der Waals surface area contributed by atoms with Gasteiger partial charge in [0.05, 0.1) is 5.41 Å². The highest BCUT2D eigenvalue weighted by atomic mass is 16.4. The zero-order valence-corrected chi connectivity index (χ0v) is 10.1. The summed E-state index contributed by atoms with van der Waals surface area (Å²) in [4.78, 5) is 13.7. The van der Waals surface area contributed by atoms with Gasteiger partial charge in [0.2, 0.25) is 0 Å². The van der Waals surface area contributed by atoms with Crippen molar-refractivity contribution in [2.45, 2.75) is 39.5 Å². The van der Waals surface area contributed by atoms with Crippen LogP contribution in [0.25, 0.3) is 0 Å². The average molecular weight is 213 g/mol. The van der Waals surface area contributed by atoms with E-state index in [0.717, 1.165) is 38.8 Å². The number of carboxylic acids is 1. The van der Waals surface area contributed by atoms with Crippen LogP contribution in [0, 0.1) is 11.3 Å². The van der Waals surface area contributed by atoms with Crippen LogP contribution >= 0.6 is 0 Å². The van der Waals surface area contributed by atoms with Gasteiger partial charge in [0.25, 0.3) is 0 Å². The Balaban J connectivity index is 2.75. The highest BCUT2D eigenvalue weighted by molar-refractivity contribution is 5.74. The fraction of sp³-hybridized carbons (Fsp3) is 0.917. The third-order valence-electron chi connectivity index (χ3n) is 3.42. The molecule has 1 aliphatic heterocycles. The minimum atomic E-state index is -0.591. The molecular weight excluding hydrogens is 190 g/mol. The van der Waals surface area contributed by atoms with E-state index in [1.165, 1.54) is 0 Å². The average Bonchev–Trinajstić information content (AvgIpc) is 2.28. The van der Waals surface area contributed by atoms with Gasteiger partial charge in [-0.3, -0.25) is 4.79 Å². The maximum Gasteiger partial charge on any atom is 0.309 e. The second-order valence-corrected chi connectivity index (χ2v) is 5.34. The SMILES string of the molecule is CC(C)CC1(C(=O)O)CCCN(C)CC1. The lowest BCUT2D eigenvalue weighted by molar-refractivity contribution is -0.151. The van der Waals surface area contributed by atoms with E-state index in [-0.39, 0.29) is 0 Å². The van der Waals surface area contributed by atoms with E-state index >= 15 is 0 Å². The number of hydrogen-bond acceptors (Lipinski definition) is 2. The Labute approximate surface area is 92.5 Å². The lowest BCUT2D eigenvalue weighted by atomic mass is 9.74. The zero-order valence-electron chi connectivity index (χ0n) is 10.1. The van der Waals surface area contributed by atoms with Gasteiger partial charge >= 0.3 is 5.97 Å². The first-order chi connectivity index (χ1) is 6.96. The minimum Gasteiger partial charge on any atom is -0.481 e. The van der Waals surface area contributed by atoms with Crippen LogP contribution < -0.4 is 0 Å². The van der Waals surface area contributed by atoms with Crippen molar-refractivity contribution in [3.8, 4) is 0 Å². The van der Waals surface area contributed by atoms with Crippen molar-refractivity contribution >= 4 is 5.97 Å². The van der Waals surface area contributed by atoms with Crippen LogP contribution in [0.1, 0.15) is 39.5 Å². The van der Waals surface area contributed by atoms with Crippen molar-refractivity contribution in [2.24, 2.45) is 11.3 Å². The summed E-state index contributed by atoms with van der Waals surface area (Å²) in [6.45, 7) is 6.17. The smallest absolute Gasteiger partial charge is 0.309 e. The van der Waals surface area contributed by atoms with Crippen molar-refractivity contribution in [3.05, 3.63) is 0 Å². The lowest BCUT2D eigenvalue weighted by Gasteiger charge is -2.29. The third kappa shape index (κ3) is 3.20. The summed E-state index contributed by atoms with van der Waals surface area (Å²) < 4.78 is 0. The highest BCUT2D eigenvalue weighted by Crippen LogP contribution is 2.37. The van der Waals surface area contributed by atoms with E-state index in [1.807, 2.05) is 0 Å².